The Morgan fingerprint density at radius 1 is 1.10 bits per heavy atom. The number of para-hydroxylation sites is 1. The van der Waals surface area contributed by atoms with Crippen LogP contribution in [0.1, 0.15) is 30.5 Å². The fourth-order valence-corrected chi connectivity index (χ4v) is 2.32. The van der Waals surface area contributed by atoms with Gasteiger partial charge in [-0.2, -0.15) is 0 Å². The number of ether oxygens (including phenoxy) is 1. The quantitative estimate of drug-likeness (QED) is 0.881. The average molecular weight is 283 g/mol. The van der Waals surface area contributed by atoms with E-state index in [2.05, 4.69) is 5.32 Å². The van der Waals surface area contributed by atoms with Crippen molar-refractivity contribution in [3.8, 4) is 5.75 Å². The summed E-state index contributed by atoms with van der Waals surface area (Å²) in [6.07, 6.45) is 1.24. The molecule has 1 atom stereocenters. The monoisotopic (exact) mass is 283 g/mol. The van der Waals surface area contributed by atoms with E-state index >= 15 is 0 Å². The summed E-state index contributed by atoms with van der Waals surface area (Å²) in [7, 11) is 1.64. The molecule has 2 aromatic rings. The van der Waals surface area contributed by atoms with Crippen molar-refractivity contribution in [3.63, 3.8) is 0 Å². The summed E-state index contributed by atoms with van der Waals surface area (Å²) in [5.41, 5.74) is 2.17. The maximum absolute atomic E-state index is 12.0. The lowest BCUT2D eigenvalue weighted by Crippen LogP contribution is -2.27. The van der Waals surface area contributed by atoms with Crippen LogP contribution in [-0.4, -0.2) is 13.0 Å². The molecule has 3 heteroatoms. The van der Waals surface area contributed by atoms with Crippen LogP contribution >= 0.6 is 0 Å². The lowest BCUT2D eigenvalue weighted by molar-refractivity contribution is -0.121. The largest absolute Gasteiger partial charge is 0.496 e. The van der Waals surface area contributed by atoms with Crippen molar-refractivity contribution in [1.29, 1.82) is 0 Å². The van der Waals surface area contributed by atoms with Crippen molar-refractivity contribution >= 4 is 5.91 Å². The molecule has 0 aliphatic carbocycles. The molecule has 2 aromatic carbocycles. The summed E-state index contributed by atoms with van der Waals surface area (Å²) in [6.45, 7) is 1.97. The van der Waals surface area contributed by atoms with Crippen molar-refractivity contribution in [1.82, 2.24) is 5.32 Å². The number of hydrogen-bond acceptors (Lipinski definition) is 2. The van der Waals surface area contributed by atoms with E-state index in [1.165, 1.54) is 5.56 Å². The molecule has 0 saturated carbocycles. The summed E-state index contributed by atoms with van der Waals surface area (Å²) < 4.78 is 5.33. The highest BCUT2D eigenvalue weighted by molar-refractivity contribution is 5.76. The highest BCUT2D eigenvalue weighted by atomic mass is 16.5. The summed E-state index contributed by atoms with van der Waals surface area (Å²) in [5.74, 6) is 0.852. The number of nitrogens with one attached hydrogen (secondary N) is 1. The number of amides is 1. The third kappa shape index (κ3) is 4.35. The van der Waals surface area contributed by atoms with Gasteiger partial charge in [0, 0.05) is 12.0 Å². The lowest BCUT2D eigenvalue weighted by atomic mass is 10.1. The van der Waals surface area contributed by atoms with Crippen LogP contribution in [0.15, 0.2) is 54.6 Å². The predicted molar refractivity (Wildman–Crippen MR) is 84.3 cm³/mol. The van der Waals surface area contributed by atoms with Gasteiger partial charge in [-0.05, 0) is 25.0 Å². The Balaban J connectivity index is 1.90. The predicted octanol–water partition coefficient (Wildman–Crippen LogP) is 3.51. The maximum Gasteiger partial charge on any atom is 0.220 e. The molecule has 1 amide bonds. The first-order valence-electron chi connectivity index (χ1n) is 7.17. The molecule has 1 N–H and O–H groups in total. The van der Waals surface area contributed by atoms with Gasteiger partial charge in [0.2, 0.25) is 5.91 Å². The van der Waals surface area contributed by atoms with Crippen LogP contribution in [0, 0.1) is 0 Å². The van der Waals surface area contributed by atoms with Gasteiger partial charge in [0.1, 0.15) is 5.75 Å². The van der Waals surface area contributed by atoms with Crippen LogP contribution < -0.4 is 10.1 Å². The molecule has 0 unspecified atom stereocenters. The molecular formula is C18H21NO2. The van der Waals surface area contributed by atoms with Crippen molar-refractivity contribution in [2.45, 2.75) is 25.8 Å². The third-order valence-electron chi connectivity index (χ3n) is 3.47. The molecule has 0 saturated heterocycles. The Morgan fingerprint density at radius 2 is 1.76 bits per heavy atom. The number of rotatable bonds is 6. The molecule has 21 heavy (non-hydrogen) atoms. The second-order valence-electron chi connectivity index (χ2n) is 5.02. The van der Waals surface area contributed by atoms with Crippen LogP contribution in [0.25, 0.3) is 0 Å². The van der Waals surface area contributed by atoms with Gasteiger partial charge < -0.3 is 10.1 Å². The summed E-state index contributed by atoms with van der Waals surface area (Å²) in [6, 6.07) is 17.7. The zero-order valence-corrected chi connectivity index (χ0v) is 12.5. The van der Waals surface area contributed by atoms with Crippen molar-refractivity contribution in [3.05, 3.63) is 65.7 Å². The second kappa shape index (κ2) is 7.48. The van der Waals surface area contributed by atoms with Gasteiger partial charge >= 0.3 is 0 Å². The maximum atomic E-state index is 12.0. The number of methoxy groups -OCH3 is 1. The van der Waals surface area contributed by atoms with Crippen LogP contribution in [0.3, 0.4) is 0 Å². The highest BCUT2D eigenvalue weighted by Crippen LogP contribution is 2.24. The molecule has 0 fully saturated rings. The molecule has 110 valence electrons. The van der Waals surface area contributed by atoms with E-state index in [4.69, 9.17) is 4.74 Å². The van der Waals surface area contributed by atoms with E-state index in [0.717, 1.165) is 17.7 Å². The number of aryl methyl sites for hydroxylation is 1. The SMILES string of the molecule is COc1ccccc1[C@@H](C)NC(=O)CCc1ccccc1. The van der Waals surface area contributed by atoms with Crippen LogP contribution in [0.2, 0.25) is 0 Å². The fraction of sp³-hybridized carbons (Fsp3) is 0.278. The van der Waals surface area contributed by atoms with Gasteiger partial charge in [0.25, 0.3) is 0 Å². The fourth-order valence-electron chi connectivity index (χ4n) is 2.32. The van der Waals surface area contributed by atoms with Gasteiger partial charge in [-0.3, -0.25) is 4.79 Å². The van der Waals surface area contributed by atoms with E-state index in [9.17, 15) is 4.79 Å². The minimum atomic E-state index is -0.0653. The lowest BCUT2D eigenvalue weighted by Gasteiger charge is -2.17. The van der Waals surface area contributed by atoms with E-state index in [1.807, 2.05) is 61.5 Å². The summed E-state index contributed by atoms with van der Waals surface area (Å²) in [5, 5.41) is 3.02. The molecule has 0 aromatic heterocycles. The highest BCUT2D eigenvalue weighted by Gasteiger charge is 2.13. The van der Waals surface area contributed by atoms with E-state index in [1.54, 1.807) is 7.11 Å². The standard InChI is InChI=1S/C18H21NO2/c1-14(16-10-6-7-11-17(16)21-2)19-18(20)13-12-15-8-4-3-5-9-15/h3-11,14H,12-13H2,1-2H3,(H,19,20)/t14-/m1/s1. The van der Waals surface area contributed by atoms with E-state index in [0.29, 0.717) is 6.42 Å². The molecule has 2 rings (SSSR count). The molecular weight excluding hydrogens is 262 g/mol. The molecule has 0 radical (unpaired) electrons. The third-order valence-corrected chi connectivity index (χ3v) is 3.47. The Hall–Kier alpha value is -2.29. The minimum absolute atomic E-state index is 0.0530. The normalized spacial score (nSPS) is 11.7. The Labute approximate surface area is 126 Å². The first-order chi connectivity index (χ1) is 10.2. The molecule has 0 heterocycles. The Bertz CT molecular complexity index is 581. The van der Waals surface area contributed by atoms with E-state index in [-0.39, 0.29) is 11.9 Å². The average Bonchev–Trinajstić information content (AvgIpc) is 2.53. The smallest absolute Gasteiger partial charge is 0.220 e. The number of carbonyl (C=O) groups excluding carboxylic acids is 1. The zero-order chi connectivity index (χ0) is 15.1. The Kier molecular flexibility index (Phi) is 5.38. The van der Waals surface area contributed by atoms with Gasteiger partial charge in [-0.25, -0.2) is 0 Å². The molecule has 0 aliphatic heterocycles. The number of benzene rings is 2. The summed E-state index contributed by atoms with van der Waals surface area (Å²) >= 11 is 0. The molecule has 3 nitrogen and oxygen atoms in total. The van der Waals surface area contributed by atoms with Crippen molar-refractivity contribution < 1.29 is 9.53 Å². The number of carbonyl (C=O) groups is 1. The number of hydrogen-bond donors (Lipinski definition) is 1. The second-order valence-corrected chi connectivity index (χ2v) is 5.02. The van der Waals surface area contributed by atoms with Gasteiger partial charge in [0.05, 0.1) is 13.2 Å². The summed E-state index contributed by atoms with van der Waals surface area (Å²) in [4.78, 5) is 12.0. The Morgan fingerprint density at radius 3 is 2.48 bits per heavy atom. The molecule has 0 spiro atoms. The zero-order valence-electron chi connectivity index (χ0n) is 12.5. The first-order valence-corrected chi connectivity index (χ1v) is 7.17. The van der Waals surface area contributed by atoms with Crippen LogP contribution in [0.5, 0.6) is 5.75 Å². The van der Waals surface area contributed by atoms with Gasteiger partial charge in [-0.1, -0.05) is 48.5 Å². The van der Waals surface area contributed by atoms with Gasteiger partial charge in [0.15, 0.2) is 0 Å². The van der Waals surface area contributed by atoms with Crippen molar-refractivity contribution in [2.24, 2.45) is 0 Å². The molecule has 0 bridgehead atoms. The van der Waals surface area contributed by atoms with E-state index < -0.39 is 0 Å². The van der Waals surface area contributed by atoms with Crippen molar-refractivity contribution in [2.75, 3.05) is 7.11 Å². The van der Waals surface area contributed by atoms with Crippen LogP contribution in [0.4, 0.5) is 0 Å². The minimum Gasteiger partial charge on any atom is -0.496 e. The van der Waals surface area contributed by atoms with Gasteiger partial charge in [-0.15, -0.1) is 0 Å². The molecule has 0 aliphatic rings. The first kappa shape index (κ1) is 15.1. The van der Waals surface area contributed by atoms with Crippen LogP contribution in [-0.2, 0) is 11.2 Å². The topological polar surface area (TPSA) is 38.3 Å².